The van der Waals surface area contributed by atoms with Crippen LogP contribution >= 0.6 is 24.8 Å². The van der Waals surface area contributed by atoms with Gasteiger partial charge in [-0.1, -0.05) is 12.1 Å². The summed E-state index contributed by atoms with van der Waals surface area (Å²) in [4.78, 5) is 2.20. The van der Waals surface area contributed by atoms with Gasteiger partial charge in [0.25, 0.3) is 0 Å². The van der Waals surface area contributed by atoms with E-state index in [0.29, 0.717) is 0 Å². The lowest BCUT2D eigenvalue weighted by Crippen LogP contribution is -2.45. The molecule has 1 aliphatic heterocycles. The van der Waals surface area contributed by atoms with Crippen LogP contribution < -0.4 is 10.1 Å². The molecule has 1 saturated heterocycles. The van der Waals surface area contributed by atoms with E-state index in [1.807, 2.05) is 45.0 Å². The van der Waals surface area contributed by atoms with Gasteiger partial charge in [0.15, 0.2) is 0 Å². The third-order valence-electron chi connectivity index (χ3n) is 3.43. The van der Waals surface area contributed by atoms with E-state index in [9.17, 15) is 4.39 Å². The van der Waals surface area contributed by atoms with Crippen molar-refractivity contribution in [2.75, 3.05) is 32.9 Å². The molecule has 0 amide bonds. The average molecular weight is 353 g/mol. The summed E-state index contributed by atoms with van der Waals surface area (Å²) in [6, 6.07) is 7.69. The number of hydrogen-bond acceptors (Lipinski definition) is 3. The molecule has 0 aromatic heterocycles. The molecular weight excluding hydrogens is 326 g/mol. The van der Waals surface area contributed by atoms with Crippen molar-refractivity contribution < 1.29 is 9.13 Å². The van der Waals surface area contributed by atoms with Crippen molar-refractivity contribution in [1.29, 1.82) is 0 Å². The number of halogens is 3. The zero-order valence-corrected chi connectivity index (χ0v) is 15.1. The Labute approximate surface area is 145 Å². The van der Waals surface area contributed by atoms with Crippen molar-refractivity contribution in [1.82, 2.24) is 10.2 Å². The van der Waals surface area contributed by atoms with Gasteiger partial charge in [-0.15, -0.1) is 24.8 Å². The highest BCUT2D eigenvalue weighted by Gasteiger charge is 2.22. The molecule has 1 aliphatic rings. The van der Waals surface area contributed by atoms with Gasteiger partial charge >= 0.3 is 0 Å². The van der Waals surface area contributed by atoms with Gasteiger partial charge in [-0.25, -0.2) is 4.39 Å². The Kier molecular flexibility index (Phi) is 9.32. The summed E-state index contributed by atoms with van der Waals surface area (Å²) < 4.78 is 19.2. The van der Waals surface area contributed by atoms with Gasteiger partial charge in [0.1, 0.15) is 18.0 Å². The number of piperazine rings is 1. The van der Waals surface area contributed by atoms with Crippen LogP contribution in [0.4, 0.5) is 4.39 Å². The fraction of sp³-hybridized carbons (Fsp3) is 0.625. The molecule has 0 unspecified atom stereocenters. The van der Waals surface area contributed by atoms with Crippen LogP contribution in [0.15, 0.2) is 24.3 Å². The standard InChI is InChI=1S/C16H25FN2O.2ClH/c1-16(2,3)20-14-6-4-13(5-7-14)15(12-17)19-10-8-18-9-11-19;;/h4-7,15,18H,8-12H2,1-3H3;2*1H/t15-;;/m1../s1. The van der Waals surface area contributed by atoms with Crippen molar-refractivity contribution in [2.24, 2.45) is 0 Å². The van der Waals surface area contributed by atoms with Crippen molar-refractivity contribution in [3.05, 3.63) is 29.8 Å². The van der Waals surface area contributed by atoms with Crippen molar-refractivity contribution in [3.8, 4) is 5.75 Å². The minimum absolute atomic E-state index is 0. The highest BCUT2D eigenvalue weighted by molar-refractivity contribution is 5.85. The Morgan fingerprint density at radius 1 is 1.14 bits per heavy atom. The molecular formula is C16H27Cl2FN2O. The second-order valence-electron chi connectivity index (χ2n) is 6.24. The largest absolute Gasteiger partial charge is 0.488 e. The first-order valence-electron chi connectivity index (χ1n) is 7.29. The van der Waals surface area contributed by atoms with Crippen molar-refractivity contribution >= 4 is 24.8 Å². The van der Waals surface area contributed by atoms with Gasteiger partial charge in [-0.05, 0) is 38.5 Å². The van der Waals surface area contributed by atoms with Crippen molar-refractivity contribution in [2.45, 2.75) is 32.4 Å². The van der Waals surface area contributed by atoms with Crippen LogP contribution in [-0.4, -0.2) is 43.4 Å². The molecule has 0 aliphatic carbocycles. The highest BCUT2D eigenvalue weighted by atomic mass is 35.5. The van der Waals surface area contributed by atoms with Gasteiger partial charge < -0.3 is 10.1 Å². The molecule has 2 rings (SSSR count). The van der Waals surface area contributed by atoms with E-state index in [4.69, 9.17) is 4.74 Å². The van der Waals surface area contributed by atoms with Crippen LogP contribution in [0.5, 0.6) is 5.75 Å². The minimum Gasteiger partial charge on any atom is -0.488 e. The Morgan fingerprint density at radius 3 is 2.14 bits per heavy atom. The Bertz CT molecular complexity index is 417. The summed E-state index contributed by atoms with van der Waals surface area (Å²) >= 11 is 0. The van der Waals surface area contributed by atoms with Gasteiger partial charge in [-0.3, -0.25) is 4.90 Å². The average Bonchev–Trinajstić information content (AvgIpc) is 2.41. The molecule has 0 radical (unpaired) electrons. The maximum absolute atomic E-state index is 13.4. The first-order valence-corrected chi connectivity index (χ1v) is 7.29. The summed E-state index contributed by atoms with van der Waals surface area (Å²) in [5, 5.41) is 3.30. The van der Waals surface area contributed by atoms with E-state index in [2.05, 4.69) is 10.2 Å². The van der Waals surface area contributed by atoms with Crippen molar-refractivity contribution in [3.63, 3.8) is 0 Å². The summed E-state index contributed by atoms with van der Waals surface area (Å²) in [5.74, 6) is 0.833. The normalized spacial score (nSPS) is 17.1. The van der Waals surface area contributed by atoms with Gasteiger partial charge in [0, 0.05) is 26.2 Å². The monoisotopic (exact) mass is 352 g/mol. The number of nitrogens with one attached hydrogen (secondary N) is 1. The number of alkyl halides is 1. The number of hydrogen-bond donors (Lipinski definition) is 1. The lowest BCUT2D eigenvalue weighted by Gasteiger charge is -2.33. The third kappa shape index (κ3) is 6.29. The van der Waals surface area contributed by atoms with E-state index < -0.39 is 0 Å². The molecule has 0 bridgehead atoms. The van der Waals surface area contributed by atoms with Crippen LogP contribution in [-0.2, 0) is 0 Å². The second kappa shape index (κ2) is 9.56. The molecule has 128 valence electrons. The highest BCUT2D eigenvalue weighted by Crippen LogP contribution is 2.25. The van der Waals surface area contributed by atoms with Crippen LogP contribution in [0.3, 0.4) is 0 Å². The fourth-order valence-electron chi connectivity index (χ4n) is 2.50. The SMILES string of the molecule is CC(C)(C)Oc1ccc([C@@H](CF)N2CCNCC2)cc1.Cl.Cl. The molecule has 1 aromatic rings. The maximum atomic E-state index is 13.4. The predicted molar refractivity (Wildman–Crippen MR) is 94.5 cm³/mol. The van der Waals surface area contributed by atoms with Crippen LogP contribution in [0.25, 0.3) is 0 Å². The molecule has 1 heterocycles. The number of nitrogens with zero attached hydrogens (tertiary/aromatic N) is 1. The lowest BCUT2D eigenvalue weighted by atomic mass is 10.1. The topological polar surface area (TPSA) is 24.5 Å². The smallest absolute Gasteiger partial charge is 0.120 e. The van der Waals surface area contributed by atoms with E-state index >= 15 is 0 Å². The molecule has 0 spiro atoms. The number of rotatable bonds is 4. The lowest BCUT2D eigenvalue weighted by molar-refractivity contribution is 0.130. The number of ether oxygens (including phenoxy) is 1. The zero-order chi connectivity index (χ0) is 14.6. The van der Waals surface area contributed by atoms with Gasteiger partial charge in [0.2, 0.25) is 0 Å². The summed E-state index contributed by atoms with van der Waals surface area (Å²) in [5.41, 5.74) is 0.815. The predicted octanol–water partition coefficient (Wildman–Crippen LogP) is 3.62. The Hall–Kier alpha value is -0.550. The molecule has 3 nitrogen and oxygen atoms in total. The van der Waals surface area contributed by atoms with Gasteiger partial charge in [-0.2, -0.15) is 0 Å². The molecule has 0 saturated carbocycles. The maximum Gasteiger partial charge on any atom is 0.120 e. The third-order valence-corrected chi connectivity index (χ3v) is 3.43. The molecule has 22 heavy (non-hydrogen) atoms. The van der Waals surface area contributed by atoms with E-state index in [0.717, 1.165) is 37.5 Å². The van der Waals surface area contributed by atoms with E-state index in [1.165, 1.54) is 0 Å². The molecule has 1 N–H and O–H groups in total. The summed E-state index contributed by atoms with van der Waals surface area (Å²) in [7, 11) is 0. The fourth-order valence-corrected chi connectivity index (χ4v) is 2.50. The Morgan fingerprint density at radius 2 is 1.68 bits per heavy atom. The molecule has 1 atom stereocenters. The second-order valence-corrected chi connectivity index (χ2v) is 6.24. The summed E-state index contributed by atoms with van der Waals surface area (Å²) in [6.07, 6.45) is 0. The molecule has 1 fully saturated rings. The summed E-state index contributed by atoms with van der Waals surface area (Å²) in [6.45, 7) is 9.37. The van der Waals surface area contributed by atoms with Gasteiger partial charge in [0.05, 0.1) is 6.04 Å². The van der Waals surface area contributed by atoms with E-state index in [1.54, 1.807) is 0 Å². The molecule has 6 heteroatoms. The quantitative estimate of drug-likeness (QED) is 0.895. The number of benzene rings is 1. The van der Waals surface area contributed by atoms with Crippen LogP contribution in [0.2, 0.25) is 0 Å². The van der Waals surface area contributed by atoms with E-state index in [-0.39, 0.29) is 43.1 Å². The van der Waals surface area contributed by atoms with Crippen LogP contribution in [0, 0.1) is 0 Å². The Balaban J connectivity index is 0.00000220. The zero-order valence-electron chi connectivity index (χ0n) is 13.5. The first kappa shape index (κ1) is 21.4. The first-order chi connectivity index (χ1) is 9.49. The molecule has 1 aromatic carbocycles. The van der Waals surface area contributed by atoms with Crippen LogP contribution in [0.1, 0.15) is 32.4 Å². The minimum atomic E-state index is -0.348.